The zero-order valence-corrected chi connectivity index (χ0v) is 12.6. The molecule has 0 aliphatic rings. The molecule has 0 fully saturated rings. The molecule has 0 spiro atoms. The van der Waals surface area contributed by atoms with E-state index in [1.807, 2.05) is 35.7 Å². The highest BCUT2D eigenvalue weighted by Gasteiger charge is 2.03. The summed E-state index contributed by atoms with van der Waals surface area (Å²) in [6, 6.07) is 9.96. The smallest absolute Gasteiger partial charge is 0.104 e. The Morgan fingerprint density at radius 1 is 1.21 bits per heavy atom. The second-order valence-electron chi connectivity index (χ2n) is 3.80. The van der Waals surface area contributed by atoms with Gasteiger partial charge >= 0.3 is 0 Å². The van der Waals surface area contributed by atoms with Crippen LogP contribution < -0.4 is 0 Å². The van der Waals surface area contributed by atoms with Crippen molar-refractivity contribution in [3.8, 4) is 11.8 Å². The van der Waals surface area contributed by atoms with Crippen LogP contribution in [0.3, 0.4) is 0 Å². The van der Waals surface area contributed by atoms with Gasteiger partial charge in [0.25, 0.3) is 0 Å². The Hall–Kier alpha value is -1.12. The van der Waals surface area contributed by atoms with E-state index in [4.69, 9.17) is 9.84 Å². The van der Waals surface area contributed by atoms with Crippen LogP contribution in [0.25, 0.3) is 0 Å². The van der Waals surface area contributed by atoms with Gasteiger partial charge in [-0.05, 0) is 23.1 Å². The van der Waals surface area contributed by atoms with Crippen molar-refractivity contribution in [2.75, 3.05) is 6.61 Å². The first-order valence-electron chi connectivity index (χ1n) is 5.78. The molecule has 0 aliphatic carbocycles. The molecule has 0 bridgehead atoms. The lowest BCUT2D eigenvalue weighted by Gasteiger charge is -2.05. The van der Waals surface area contributed by atoms with Gasteiger partial charge in [0.05, 0.1) is 13.2 Å². The van der Waals surface area contributed by atoms with E-state index in [1.165, 1.54) is 0 Å². The summed E-state index contributed by atoms with van der Waals surface area (Å²) in [4.78, 5) is 1.09. The lowest BCUT2D eigenvalue weighted by Crippen LogP contribution is -1.94. The third-order valence-corrected chi connectivity index (χ3v) is 4.16. The molecule has 0 amide bonds. The zero-order chi connectivity index (χ0) is 13.5. The third kappa shape index (κ3) is 4.19. The Bertz CT molecular complexity index is 595. The van der Waals surface area contributed by atoms with Crippen molar-refractivity contribution in [3.63, 3.8) is 0 Å². The van der Waals surface area contributed by atoms with E-state index in [-0.39, 0.29) is 6.61 Å². The van der Waals surface area contributed by atoms with Crippen LogP contribution in [0.4, 0.5) is 0 Å². The fourth-order valence-electron chi connectivity index (χ4n) is 1.57. The van der Waals surface area contributed by atoms with Crippen molar-refractivity contribution in [1.82, 2.24) is 0 Å². The molecular weight excluding hydrogens is 324 g/mol. The molecule has 19 heavy (non-hydrogen) atoms. The van der Waals surface area contributed by atoms with Gasteiger partial charge in [-0.1, -0.05) is 46.0 Å². The molecule has 0 aliphatic heterocycles. The van der Waals surface area contributed by atoms with Gasteiger partial charge in [-0.15, -0.1) is 11.3 Å². The molecule has 0 saturated carbocycles. The molecule has 98 valence electrons. The average molecular weight is 337 g/mol. The number of ether oxygens (including phenoxy) is 1. The molecule has 0 radical (unpaired) electrons. The number of aliphatic hydroxyl groups excluding tert-OH is 1. The largest absolute Gasteiger partial charge is 0.384 e. The van der Waals surface area contributed by atoms with Gasteiger partial charge in [0, 0.05) is 14.9 Å². The van der Waals surface area contributed by atoms with E-state index in [0.717, 1.165) is 20.5 Å². The minimum Gasteiger partial charge on any atom is -0.384 e. The van der Waals surface area contributed by atoms with Crippen molar-refractivity contribution in [2.24, 2.45) is 0 Å². The third-order valence-electron chi connectivity index (χ3n) is 2.50. The SMILES string of the molecule is OCC#Cc1ccsc1COCc1ccccc1Br. The Balaban J connectivity index is 1.93. The van der Waals surface area contributed by atoms with E-state index in [1.54, 1.807) is 11.3 Å². The summed E-state index contributed by atoms with van der Waals surface area (Å²) in [5, 5.41) is 10.7. The van der Waals surface area contributed by atoms with Gasteiger partial charge in [0.15, 0.2) is 0 Å². The van der Waals surface area contributed by atoms with Gasteiger partial charge in [0.1, 0.15) is 6.61 Å². The second kappa shape index (κ2) is 7.46. The van der Waals surface area contributed by atoms with Gasteiger partial charge in [-0.3, -0.25) is 0 Å². The summed E-state index contributed by atoms with van der Waals surface area (Å²) in [5.41, 5.74) is 2.06. The van der Waals surface area contributed by atoms with Crippen molar-refractivity contribution < 1.29 is 9.84 Å². The number of benzene rings is 1. The minimum atomic E-state index is -0.118. The molecular formula is C15H13BrO2S. The standard InChI is InChI=1S/C15H13BrO2S/c16-14-6-2-1-4-13(14)10-18-11-15-12(5-3-8-17)7-9-19-15/h1-2,4,6-7,9,17H,8,10-11H2. The van der Waals surface area contributed by atoms with Crippen LogP contribution in [-0.4, -0.2) is 11.7 Å². The van der Waals surface area contributed by atoms with Crippen LogP contribution >= 0.6 is 27.3 Å². The number of aliphatic hydroxyl groups is 1. The highest BCUT2D eigenvalue weighted by atomic mass is 79.9. The fourth-order valence-corrected chi connectivity index (χ4v) is 2.73. The summed E-state index contributed by atoms with van der Waals surface area (Å²) < 4.78 is 6.77. The lowest BCUT2D eigenvalue weighted by molar-refractivity contribution is 0.108. The summed E-state index contributed by atoms with van der Waals surface area (Å²) in [7, 11) is 0. The molecule has 0 atom stereocenters. The van der Waals surface area contributed by atoms with Crippen LogP contribution in [0.2, 0.25) is 0 Å². The highest BCUT2D eigenvalue weighted by Crippen LogP contribution is 2.20. The molecule has 0 unspecified atom stereocenters. The quantitative estimate of drug-likeness (QED) is 0.865. The first-order valence-corrected chi connectivity index (χ1v) is 7.46. The van der Waals surface area contributed by atoms with Gasteiger partial charge in [-0.25, -0.2) is 0 Å². The molecule has 0 saturated heterocycles. The first kappa shape index (κ1) is 14.3. The molecule has 2 aromatic rings. The minimum absolute atomic E-state index is 0.118. The van der Waals surface area contributed by atoms with E-state index in [9.17, 15) is 0 Å². The van der Waals surface area contributed by atoms with Crippen molar-refractivity contribution in [3.05, 3.63) is 56.2 Å². The van der Waals surface area contributed by atoms with Crippen LogP contribution in [0.15, 0.2) is 40.2 Å². The van der Waals surface area contributed by atoms with Crippen molar-refractivity contribution >= 4 is 27.3 Å². The Labute approximate surface area is 125 Å². The van der Waals surface area contributed by atoms with Crippen LogP contribution in [0.1, 0.15) is 16.0 Å². The maximum atomic E-state index is 8.70. The zero-order valence-electron chi connectivity index (χ0n) is 10.2. The fraction of sp³-hybridized carbons (Fsp3) is 0.200. The van der Waals surface area contributed by atoms with Crippen molar-refractivity contribution in [1.29, 1.82) is 0 Å². The summed E-state index contributed by atoms with van der Waals surface area (Å²) in [5.74, 6) is 5.58. The molecule has 2 nitrogen and oxygen atoms in total. The lowest BCUT2D eigenvalue weighted by atomic mass is 10.2. The van der Waals surface area contributed by atoms with E-state index in [2.05, 4.69) is 27.8 Å². The Morgan fingerprint density at radius 2 is 2.05 bits per heavy atom. The topological polar surface area (TPSA) is 29.5 Å². The predicted molar refractivity (Wildman–Crippen MR) is 80.9 cm³/mol. The number of hydrogen-bond acceptors (Lipinski definition) is 3. The predicted octanol–water partition coefficient (Wildman–Crippen LogP) is 3.57. The average Bonchev–Trinajstić information content (AvgIpc) is 2.86. The van der Waals surface area contributed by atoms with Gasteiger partial charge in [0.2, 0.25) is 0 Å². The Morgan fingerprint density at radius 3 is 2.84 bits per heavy atom. The van der Waals surface area contributed by atoms with Gasteiger partial charge < -0.3 is 9.84 Å². The molecule has 4 heteroatoms. The summed E-state index contributed by atoms with van der Waals surface area (Å²) >= 11 is 5.11. The number of halogens is 1. The van der Waals surface area contributed by atoms with Gasteiger partial charge in [-0.2, -0.15) is 0 Å². The molecule has 1 aromatic heterocycles. The first-order chi connectivity index (χ1) is 9.31. The summed E-state index contributed by atoms with van der Waals surface area (Å²) in [6.07, 6.45) is 0. The van der Waals surface area contributed by atoms with Crippen LogP contribution in [0, 0.1) is 11.8 Å². The second-order valence-corrected chi connectivity index (χ2v) is 5.66. The highest BCUT2D eigenvalue weighted by molar-refractivity contribution is 9.10. The maximum absolute atomic E-state index is 8.70. The monoisotopic (exact) mass is 336 g/mol. The Kier molecular flexibility index (Phi) is 5.62. The number of thiophene rings is 1. The number of rotatable bonds is 4. The van der Waals surface area contributed by atoms with Crippen LogP contribution in [0.5, 0.6) is 0 Å². The maximum Gasteiger partial charge on any atom is 0.104 e. The molecule has 1 aromatic carbocycles. The molecule has 2 rings (SSSR count). The van der Waals surface area contributed by atoms with E-state index >= 15 is 0 Å². The number of hydrogen-bond donors (Lipinski definition) is 1. The van der Waals surface area contributed by atoms with Crippen LogP contribution in [-0.2, 0) is 18.0 Å². The summed E-state index contributed by atoms with van der Waals surface area (Å²) in [6.45, 7) is 0.980. The van der Waals surface area contributed by atoms with E-state index < -0.39 is 0 Å². The normalized spacial score (nSPS) is 10.0. The molecule has 1 heterocycles. The van der Waals surface area contributed by atoms with Crippen molar-refractivity contribution in [2.45, 2.75) is 13.2 Å². The molecule has 1 N–H and O–H groups in total. The van der Waals surface area contributed by atoms with E-state index in [0.29, 0.717) is 13.2 Å².